The monoisotopic (exact) mass is 311 g/mol. The van der Waals surface area contributed by atoms with Crippen molar-refractivity contribution < 1.29 is 4.79 Å². The number of rotatable bonds is 2. The molecule has 0 unspecified atom stereocenters. The molecule has 0 radical (unpaired) electrons. The zero-order chi connectivity index (χ0) is 15.7. The summed E-state index contributed by atoms with van der Waals surface area (Å²) in [5, 5.41) is 3.45. The molecule has 1 saturated heterocycles. The van der Waals surface area contributed by atoms with Crippen molar-refractivity contribution in [2.75, 3.05) is 0 Å². The van der Waals surface area contributed by atoms with E-state index in [2.05, 4.69) is 23.3 Å². The fourth-order valence-electron chi connectivity index (χ4n) is 2.28. The van der Waals surface area contributed by atoms with Gasteiger partial charge in [-0.3, -0.25) is 4.79 Å². The van der Waals surface area contributed by atoms with Crippen LogP contribution in [0.4, 0.5) is 5.69 Å². The summed E-state index contributed by atoms with van der Waals surface area (Å²) in [6, 6.07) is 10.0. The molecule has 1 aromatic carbocycles. The molecular formula is C17H17N3OS. The normalized spacial score (nSPS) is 18.2. The maximum Gasteiger partial charge on any atom is 0.264 e. The molecule has 1 amide bonds. The minimum absolute atomic E-state index is 0.102. The van der Waals surface area contributed by atoms with Gasteiger partial charge in [-0.15, -0.1) is 0 Å². The molecule has 0 bridgehead atoms. The molecule has 0 spiro atoms. The van der Waals surface area contributed by atoms with E-state index < -0.39 is 0 Å². The van der Waals surface area contributed by atoms with Gasteiger partial charge in [0.15, 0.2) is 5.17 Å². The van der Waals surface area contributed by atoms with Crippen LogP contribution in [-0.4, -0.2) is 15.6 Å². The molecule has 0 atom stereocenters. The molecule has 2 heterocycles. The van der Waals surface area contributed by atoms with E-state index in [-0.39, 0.29) is 5.91 Å². The van der Waals surface area contributed by atoms with Gasteiger partial charge in [-0.05, 0) is 55.4 Å². The van der Waals surface area contributed by atoms with Gasteiger partial charge in [0, 0.05) is 18.9 Å². The average molecular weight is 311 g/mol. The van der Waals surface area contributed by atoms with Crippen molar-refractivity contribution in [3.05, 3.63) is 58.3 Å². The summed E-state index contributed by atoms with van der Waals surface area (Å²) >= 11 is 1.37. The van der Waals surface area contributed by atoms with Crippen molar-refractivity contribution in [3.63, 3.8) is 0 Å². The highest BCUT2D eigenvalue weighted by molar-refractivity contribution is 8.18. The Hall–Kier alpha value is -2.27. The van der Waals surface area contributed by atoms with Crippen LogP contribution in [0.2, 0.25) is 0 Å². The van der Waals surface area contributed by atoms with Gasteiger partial charge in [-0.2, -0.15) is 0 Å². The van der Waals surface area contributed by atoms with Crippen molar-refractivity contribution in [1.29, 1.82) is 0 Å². The smallest absolute Gasteiger partial charge is 0.264 e. The first kappa shape index (κ1) is 14.7. The second kappa shape index (κ2) is 5.85. The van der Waals surface area contributed by atoms with Gasteiger partial charge in [0.2, 0.25) is 0 Å². The van der Waals surface area contributed by atoms with Crippen LogP contribution in [0.5, 0.6) is 0 Å². The first-order chi connectivity index (χ1) is 10.5. The average Bonchev–Trinajstić information content (AvgIpc) is 3.01. The second-order valence-electron chi connectivity index (χ2n) is 5.32. The van der Waals surface area contributed by atoms with Crippen LogP contribution in [-0.2, 0) is 11.8 Å². The summed E-state index contributed by atoms with van der Waals surface area (Å²) in [6.07, 6.45) is 3.83. The molecule has 0 aliphatic carbocycles. The summed E-state index contributed by atoms with van der Waals surface area (Å²) in [5.41, 5.74) is 4.18. The Morgan fingerprint density at radius 3 is 2.77 bits per heavy atom. The molecule has 1 fully saturated rings. The van der Waals surface area contributed by atoms with Gasteiger partial charge in [0.25, 0.3) is 5.91 Å². The number of nitrogens with one attached hydrogen (secondary N) is 1. The van der Waals surface area contributed by atoms with E-state index in [1.165, 1.54) is 17.3 Å². The number of aromatic nitrogens is 1. The summed E-state index contributed by atoms with van der Waals surface area (Å²) < 4.78 is 1.97. The van der Waals surface area contributed by atoms with Crippen molar-refractivity contribution in [2.24, 2.45) is 12.0 Å². The topological polar surface area (TPSA) is 46.4 Å². The van der Waals surface area contributed by atoms with Crippen molar-refractivity contribution >= 4 is 34.6 Å². The number of aryl methyl sites for hydroxylation is 3. The largest absolute Gasteiger partial charge is 0.351 e. The summed E-state index contributed by atoms with van der Waals surface area (Å²) in [7, 11) is 1.95. The molecule has 1 aliphatic heterocycles. The van der Waals surface area contributed by atoms with E-state index in [9.17, 15) is 4.79 Å². The third kappa shape index (κ3) is 2.99. The highest BCUT2D eigenvalue weighted by Gasteiger charge is 2.24. The number of hydrogen-bond acceptors (Lipinski definition) is 3. The maximum absolute atomic E-state index is 12.1. The number of benzene rings is 1. The van der Waals surface area contributed by atoms with Crippen LogP contribution >= 0.6 is 11.8 Å². The van der Waals surface area contributed by atoms with Crippen molar-refractivity contribution in [2.45, 2.75) is 13.8 Å². The number of thioether (sulfide) groups is 1. The fraction of sp³-hybridized carbons (Fsp3) is 0.176. The number of nitrogens with zero attached hydrogens (tertiary/aromatic N) is 2. The predicted molar refractivity (Wildman–Crippen MR) is 92.1 cm³/mol. The van der Waals surface area contributed by atoms with Gasteiger partial charge in [0.05, 0.1) is 10.6 Å². The first-order valence-corrected chi connectivity index (χ1v) is 7.83. The Labute approximate surface area is 133 Å². The van der Waals surface area contributed by atoms with Crippen LogP contribution in [0.1, 0.15) is 16.8 Å². The Morgan fingerprint density at radius 2 is 2.09 bits per heavy atom. The number of carbonyl (C=O) groups excluding carboxylic acids is 1. The van der Waals surface area contributed by atoms with Crippen LogP contribution < -0.4 is 5.32 Å². The Bertz CT molecular complexity index is 802. The van der Waals surface area contributed by atoms with Gasteiger partial charge >= 0.3 is 0 Å². The van der Waals surface area contributed by atoms with E-state index in [0.717, 1.165) is 16.9 Å². The first-order valence-electron chi connectivity index (χ1n) is 7.01. The minimum atomic E-state index is -0.102. The lowest BCUT2D eigenvalue weighted by molar-refractivity contribution is -0.115. The van der Waals surface area contributed by atoms with Crippen LogP contribution in [0, 0.1) is 13.8 Å². The lowest BCUT2D eigenvalue weighted by Gasteiger charge is -2.02. The molecule has 0 saturated carbocycles. The van der Waals surface area contributed by atoms with Crippen molar-refractivity contribution in [1.82, 2.24) is 9.88 Å². The highest BCUT2D eigenvalue weighted by Crippen LogP contribution is 2.29. The maximum atomic E-state index is 12.1. The predicted octanol–water partition coefficient (Wildman–Crippen LogP) is 3.53. The van der Waals surface area contributed by atoms with Crippen LogP contribution in [0.25, 0.3) is 6.08 Å². The van der Waals surface area contributed by atoms with E-state index in [1.54, 1.807) is 0 Å². The summed E-state index contributed by atoms with van der Waals surface area (Å²) in [5.74, 6) is -0.102. The number of aliphatic imine (C=N–C) groups is 1. The summed E-state index contributed by atoms with van der Waals surface area (Å²) in [4.78, 5) is 17.3. The number of hydrogen-bond donors (Lipinski definition) is 1. The molecule has 1 N–H and O–H groups in total. The quantitative estimate of drug-likeness (QED) is 0.862. The molecular weight excluding hydrogens is 294 g/mol. The molecule has 2 aromatic rings. The van der Waals surface area contributed by atoms with Gasteiger partial charge in [-0.25, -0.2) is 4.99 Å². The van der Waals surface area contributed by atoms with E-state index in [4.69, 9.17) is 0 Å². The second-order valence-corrected chi connectivity index (χ2v) is 6.35. The van der Waals surface area contributed by atoms with E-state index in [1.807, 2.05) is 55.1 Å². The summed E-state index contributed by atoms with van der Waals surface area (Å²) in [6.45, 7) is 4.07. The Kier molecular flexibility index (Phi) is 3.90. The zero-order valence-corrected chi connectivity index (χ0v) is 13.6. The number of amides is 1. The van der Waals surface area contributed by atoms with Crippen LogP contribution in [0.3, 0.4) is 0 Å². The van der Waals surface area contributed by atoms with Crippen molar-refractivity contribution in [3.8, 4) is 0 Å². The Balaban J connectivity index is 1.87. The molecule has 3 rings (SSSR count). The van der Waals surface area contributed by atoms with E-state index in [0.29, 0.717) is 10.1 Å². The van der Waals surface area contributed by atoms with Gasteiger partial charge in [0.1, 0.15) is 0 Å². The number of amidine groups is 1. The van der Waals surface area contributed by atoms with E-state index >= 15 is 0 Å². The number of carbonyl (C=O) groups is 1. The lowest BCUT2D eigenvalue weighted by Crippen LogP contribution is -2.19. The van der Waals surface area contributed by atoms with Gasteiger partial charge < -0.3 is 9.88 Å². The molecule has 5 heteroatoms. The Morgan fingerprint density at radius 1 is 1.27 bits per heavy atom. The fourth-order valence-corrected chi connectivity index (χ4v) is 3.10. The third-order valence-corrected chi connectivity index (χ3v) is 4.40. The molecule has 4 nitrogen and oxygen atoms in total. The molecule has 1 aromatic heterocycles. The highest BCUT2D eigenvalue weighted by atomic mass is 32.2. The zero-order valence-electron chi connectivity index (χ0n) is 12.8. The molecule has 22 heavy (non-hydrogen) atoms. The molecule has 112 valence electrons. The minimum Gasteiger partial charge on any atom is -0.351 e. The van der Waals surface area contributed by atoms with Gasteiger partial charge in [-0.1, -0.05) is 17.7 Å². The SMILES string of the molecule is Cc1ccc(N=C2NC(=O)/C(=C/c3cccn3C)S2)c(C)c1. The molecule has 1 aliphatic rings. The lowest BCUT2D eigenvalue weighted by atomic mass is 10.1. The van der Waals surface area contributed by atoms with Crippen LogP contribution in [0.15, 0.2) is 46.4 Å². The standard InChI is InChI=1S/C17H17N3OS/c1-11-6-7-14(12(2)9-11)18-17-19-16(21)15(22-17)10-13-5-4-8-20(13)3/h4-10H,1-3H3,(H,18,19,21)/b15-10-. The third-order valence-electron chi connectivity index (χ3n) is 3.49.